The predicted octanol–water partition coefficient (Wildman–Crippen LogP) is 15.9. The molecule has 0 saturated carbocycles. The Bertz CT molecular complexity index is 2790. The molecule has 0 aliphatic heterocycles. The van der Waals surface area contributed by atoms with Gasteiger partial charge < -0.3 is 4.90 Å². The van der Waals surface area contributed by atoms with Crippen LogP contribution in [-0.2, 0) is 5.41 Å². The van der Waals surface area contributed by atoms with E-state index < -0.39 is 0 Å². The van der Waals surface area contributed by atoms with Crippen LogP contribution >= 0.6 is 0 Å². The molecule has 0 atom stereocenters. The average molecular weight is 732 g/mol. The summed E-state index contributed by atoms with van der Waals surface area (Å²) in [6, 6.07) is 79.5. The lowest BCUT2D eigenvalue weighted by molar-refractivity contribution is 0.590. The van der Waals surface area contributed by atoms with Crippen LogP contribution in [0, 0.1) is 0 Å². The van der Waals surface area contributed by atoms with Crippen LogP contribution in [0.25, 0.3) is 66.4 Å². The van der Waals surface area contributed by atoms with E-state index in [4.69, 9.17) is 0 Å². The third-order valence-electron chi connectivity index (χ3n) is 11.1. The van der Waals surface area contributed by atoms with Crippen molar-refractivity contribution in [3.63, 3.8) is 0 Å². The largest absolute Gasteiger partial charge is 0.309 e. The van der Waals surface area contributed by atoms with Crippen LogP contribution in [0.15, 0.2) is 218 Å². The number of nitrogens with zero attached hydrogens (tertiary/aromatic N) is 1. The van der Waals surface area contributed by atoms with Crippen molar-refractivity contribution in [2.75, 3.05) is 4.90 Å². The summed E-state index contributed by atoms with van der Waals surface area (Å²) >= 11 is 0. The summed E-state index contributed by atoms with van der Waals surface area (Å²) in [5, 5.41) is 2.46. The molecule has 0 radical (unpaired) electrons. The third kappa shape index (κ3) is 7.05. The van der Waals surface area contributed by atoms with Gasteiger partial charge in [0, 0.05) is 16.7 Å². The number of para-hydroxylation sites is 2. The summed E-state index contributed by atoms with van der Waals surface area (Å²) < 4.78 is 0. The van der Waals surface area contributed by atoms with E-state index in [0.29, 0.717) is 0 Å². The Kier molecular flexibility index (Phi) is 9.58. The summed E-state index contributed by atoms with van der Waals surface area (Å²) in [5.74, 6) is 0. The minimum absolute atomic E-state index is 0.0278. The first-order chi connectivity index (χ1) is 27.9. The van der Waals surface area contributed by atoms with E-state index >= 15 is 0 Å². The SMILES string of the molecule is CC(C)(C)c1ccc(N(c2ccccc2-c2ccc(-c3ccccc3)cc2)c2ccccc2-c2cccc3cccc(-c4ccccc4)c23)c(-c2ccccc2)c1. The van der Waals surface area contributed by atoms with Crippen LogP contribution in [0.2, 0.25) is 0 Å². The Hall–Kier alpha value is -6.96. The van der Waals surface area contributed by atoms with E-state index in [1.807, 2.05) is 0 Å². The standard InChI is InChI=1S/C56H45N/c1-56(2,3)46-37-38-54(51(39-46)43-23-11-6-12-24-43)57(52-31-15-13-27-47(52)44-35-33-41(34-36-44)40-19-7-4-8-20-40)53-32-16-14-28-49(53)50-30-18-26-45-25-17-29-48(55(45)50)42-21-9-5-10-22-42/h4-39H,1-3H3. The highest BCUT2D eigenvalue weighted by atomic mass is 15.1. The van der Waals surface area contributed by atoms with E-state index in [2.05, 4.69) is 244 Å². The molecule has 0 aliphatic rings. The zero-order valence-corrected chi connectivity index (χ0v) is 32.7. The lowest BCUT2D eigenvalue weighted by Crippen LogP contribution is -2.16. The lowest BCUT2D eigenvalue weighted by atomic mass is 9.84. The number of fused-ring (bicyclic) bond motifs is 1. The fourth-order valence-corrected chi connectivity index (χ4v) is 8.14. The average Bonchev–Trinajstić information content (AvgIpc) is 3.27. The van der Waals surface area contributed by atoms with Gasteiger partial charge in [0.25, 0.3) is 0 Å². The molecular formula is C56H45N. The number of hydrogen-bond donors (Lipinski definition) is 0. The molecular weight excluding hydrogens is 687 g/mol. The molecule has 0 spiro atoms. The second kappa shape index (κ2) is 15.3. The number of hydrogen-bond acceptors (Lipinski definition) is 1. The van der Waals surface area contributed by atoms with Gasteiger partial charge in [0.15, 0.2) is 0 Å². The van der Waals surface area contributed by atoms with Gasteiger partial charge in [-0.05, 0) is 85.0 Å². The van der Waals surface area contributed by atoms with Crippen molar-refractivity contribution in [3.8, 4) is 55.6 Å². The monoisotopic (exact) mass is 731 g/mol. The van der Waals surface area contributed by atoms with Crippen LogP contribution in [0.3, 0.4) is 0 Å². The van der Waals surface area contributed by atoms with Crippen molar-refractivity contribution < 1.29 is 0 Å². The molecule has 9 rings (SSSR count). The second-order valence-electron chi connectivity index (χ2n) is 15.7. The first-order valence-corrected chi connectivity index (χ1v) is 19.9. The zero-order chi connectivity index (χ0) is 38.8. The molecule has 0 heterocycles. The highest BCUT2D eigenvalue weighted by Crippen LogP contribution is 2.50. The van der Waals surface area contributed by atoms with Crippen LogP contribution in [0.1, 0.15) is 26.3 Å². The second-order valence-corrected chi connectivity index (χ2v) is 15.7. The first kappa shape index (κ1) is 35.7. The Labute approximate surface area is 337 Å². The minimum Gasteiger partial charge on any atom is -0.309 e. The lowest BCUT2D eigenvalue weighted by Gasteiger charge is -2.33. The molecule has 0 unspecified atom stereocenters. The number of anilines is 3. The van der Waals surface area contributed by atoms with Gasteiger partial charge in [-0.25, -0.2) is 0 Å². The van der Waals surface area contributed by atoms with Crippen LogP contribution in [0.5, 0.6) is 0 Å². The van der Waals surface area contributed by atoms with Crippen molar-refractivity contribution in [1.82, 2.24) is 0 Å². The smallest absolute Gasteiger partial charge is 0.0540 e. The van der Waals surface area contributed by atoms with Gasteiger partial charge in [-0.3, -0.25) is 0 Å². The molecule has 0 saturated heterocycles. The minimum atomic E-state index is -0.0278. The fraction of sp³-hybridized carbons (Fsp3) is 0.0714. The molecule has 0 bridgehead atoms. The van der Waals surface area contributed by atoms with Crippen LogP contribution in [0.4, 0.5) is 17.1 Å². The van der Waals surface area contributed by atoms with Crippen molar-refractivity contribution >= 4 is 27.8 Å². The highest BCUT2D eigenvalue weighted by molar-refractivity contribution is 6.09. The summed E-state index contributed by atoms with van der Waals surface area (Å²) in [7, 11) is 0. The van der Waals surface area contributed by atoms with E-state index in [0.717, 1.165) is 28.2 Å². The molecule has 274 valence electrons. The van der Waals surface area contributed by atoms with E-state index in [-0.39, 0.29) is 5.41 Å². The molecule has 1 heteroatoms. The van der Waals surface area contributed by atoms with Gasteiger partial charge in [-0.1, -0.05) is 215 Å². The van der Waals surface area contributed by atoms with E-state index in [9.17, 15) is 0 Å². The zero-order valence-electron chi connectivity index (χ0n) is 32.7. The Balaban J connectivity index is 1.33. The Morgan fingerprint density at radius 3 is 1.33 bits per heavy atom. The van der Waals surface area contributed by atoms with Gasteiger partial charge in [-0.15, -0.1) is 0 Å². The van der Waals surface area contributed by atoms with Gasteiger partial charge in [-0.2, -0.15) is 0 Å². The van der Waals surface area contributed by atoms with Crippen molar-refractivity contribution in [1.29, 1.82) is 0 Å². The molecule has 0 aromatic heterocycles. The maximum Gasteiger partial charge on any atom is 0.0540 e. The van der Waals surface area contributed by atoms with Gasteiger partial charge in [0.2, 0.25) is 0 Å². The molecule has 1 nitrogen and oxygen atoms in total. The number of benzene rings is 9. The van der Waals surface area contributed by atoms with Crippen molar-refractivity contribution in [3.05, 3.63) is 224 Å². The van der Waals surface area contributed by atoms with Crippen molar-refractivity contribution in [2.45, 2.75) is 26.2 Å². The molecule has 0 amide bonds. The van der Waals surface area contributed by atoms with Crippen molar-refractivity contribution in [2.24, 2.45) is 0 Å². The maximum atomic E-state index is 2.51. The maximum absolute atomic E-state index is 2.51. The summed E-state index contributed by atoms with van der Waals surface area (Å²) in [5.41, 5.74) is 16.5. The van der Waals surface area contributed by atoms with Crippen LogP contribution < -0.4 is 4.90 Å². The molecule has 9 aromatic carbocycles. The molecule has 0 fully saturated rings. The normalized spacial score (nSPS) is 11.4. The van der Waals surface area contributed by atoms with Gasteiger partial charge >= 0.3 is 0 Å². The van der Waals surface area contributed by atoms with Crippen LogP contribution in [-0.4, -0.2) is 0 Å². The van der Waals surface area contributed by atoms with E-state index in [1.165, 1.54) is 60.8 Å². The molecule has 9 aromatic rings. The predicted molar refractivity (Wildman–Crippen MR) is 245 cm³/mol. The number of rotatable bonds is 8. The third-order valence-corrected chi connectivity index (χ3v) is 11.1. The Morgan fingerprint density at radius 2 is 0.719 bits per heavy atom. The topological polar surface area (TPSA) is 3.24 Å². The molecule has 0 aliphatic carbocycles. The van der Waals surface area contributed by atoms with Gasteiger partial charge in [0.05, 0.1) is 17.1 Å². The quantitative estimate of drug-likeness (QED) is 0.150. The molecule has 57 heavy (non-hydrogen) atoms. The highest BCUT2D eigenvalue weighted by Gasteiger charge is 2.26. The Morgan fingerprint density at radius 1 is 0.298 bits per heavy atom. The van der Waals surface area contributed by atoms with E-state index in [1.54, 1.807) is 0 Å². The fourth-order valence-electron chi connectivity index (χ4n) is 8.14. The van der Waals surface area contributed by atoms with Gasteiger partial charge in [0.1, 0.15) is 0 Å². The summed E-state index contributed by atoms with van der Waals surface area (Å²) in [4.78, 5) is 2.51. The molecule has 0 N–H and O–H groups in total. The first-order valence-electron chi connectivity index (χ1n) is 19.9. The summed E-state index contributed by atoms with van der Waals surface area (Å²) in [6.45, 7) is 6.88. The summed E-state index contributed by atoms with van der Waals surface area (Å²) in [6.07, 6.45) is 0.